The summed E-state index contributed by atoms with van der Waals surface area (Å²) in [5.74, 6) is -0.802. The molecule has 0 bridgehead atoms. The first-order chi connectivity index (χ1) is 9.89. The monoisotopic (exact) mass is 300 g/mol. The summed E-state index contributed by atoms with van der Waals surface area (Å²) in [7, 11) is 0. The summed E-state index contributed by atoms with van der Waals surface area (Å²) >= 11 is 0. The third kappa shape index (κ3) is 4.19. The lowest BCUT2D eigenvalue weighted by Gasteiger charge is -2.11. The Balaban J connectivity index is 2.34. The first kappa shape index (κ1) is 15.3. The Bertz CT molecular complexity index is 623. The largest absolute Gasteiger partial charge is 0.573 e. The summed E-state index contributed by atoms with van der Waals surface area (Å²) in [4.78, 5) is 0. The number of alkyl halides is 3. The molecular formula is C15H12F4O2. The third-order valence-electron chi connectivity index (χ3n) is 2.83. The molecule has 112 valence electrons. The maximum absolute atomic E-state index is 13.5. The minimum Gasteiger partial charge on any atom is -0.406 e. The molecule has 2 aromatic rings. The van der Waals surface area contributed by atoms with E-state index in [0.29, 0.717) is 16.7 Å². The number of ether oxygens (including phenoxy) is 1. The fraction of sp³-hybridized carbons (Fsp3) is 0.200. The Kier molecular flexibility index (Phi) is 4.47. The van der Waals surface area contributed by atoms with E-state index < -0.39 is 12.2 Å². The van der Waals surface area contributed by atoms with Gasteiger partial charge >= 0.3 is 6.36 Å². The van der Waals surface area contributed by atoms with Gasteiger partial charge in [-0.05, 0) is 47.4 Å². The molecule has 0 aromatic heterocycles. The van der Waals surface area contributed by atoms with Crippen molar-refractivity contribution in [1.29, 1.82) is 0 Å². The molecule has 0 amide bonds. The molecule has 0 atom stereocenters. The van der Waals surface area contributed by atoms with Gasteiger partial charge in [0.1, 0.15) is 11.6 Å². The Hall–Kier alpha value is -2.08. The van der Waals surface area contributed by atoms with Crippen LogP contribution in [0, 0.1) is 5.82 Å². The predicted molar refractivity (Wildman–Crippen MR) is 69.3 cm³/mol. The Labute approximate surface area is 118 Å². The average Bonchev–Trinajstić information content (AvgIpc) is 2.40. The number of halogens is 4. The SMILES string of the molecule is OCCc1cc(-c2cccc(OC(F)(F)F)c2)ccc1F. The number of benzene rings is 2. The molecule has 2 aromatic carbocycles. The van der Waals surface area contributed by atoms with E-state index >= 15 is 0 Å². The van der Waals surface area contributed by atoms with Crippen molar-refractivity contribution in [3.05, 3.63) is 53.8 Å². The average molecular weight is 300 g/mol. The number of hydrogen-bond acceptors (Lipinski definition) is 2. The van der Waals surface area contributed by atoms with E-state index in [1.54, 1.807) is 6.07 Å². The van der Waals surface area contributed by atoms with Gasteiger partial charge in [0.25, 0.3) is 0 Å². The van der Waals surface area contributed by atoms with E-state index in [4.69, 9.17) is 5.11 Å². The second-order valence-corrected chi connectivity index (χ2v) is 4.36. The summed E-state index contributed by atoms with van der Waals surface area (Å²) in [5, 5.41) is 8.87. The van der Waals surface area contributed by atoms with Crippen LogP contribution in [0.1, 0.15) is 5.56 Å². The molecule has 0 heterocycles. The van der Waals surface area contributed by atoms with Gasteiger partial charge in [-0.15, -0.1) is 13.2 Å². The quantitative estimate of drug-likeness (QED) is 0.867. The molecule has 0 saturated carbocycles. The Morgan fingerprint density at radius 3 is 2.38 bits per heavy atom. The molecule has 6 heteroatoms. The highest BCUT2D eigenvalue weighted by Gasteiger charge is 2.31. The van der Waals surface area contributed by atoms with Gasteiger partial charge in [0.2, 0.25) is 0 Å². The van der Waals surface area contributed by atoms with Gasteiger partial charge in [0.15, 0.2) is 0 Å². The van der Waals surface area contributed by atoms with Gasteiger partial charge in [0, 0.05) is 6.61 Å². The van der Waals surface area contributed by atoms with Crippen molar-refractivity contribution in [2.75, 3.05) is 6.61 Å². The summed E-state index contributed by atoms with van der Waals surface area (Å²) in [6, 6.07) is 9.61. The maximum atomic E-state index is 13.5. The fourth-order valence-corrected chi connectivity index (χ4v) is 1.94. The summed E-state index contributed by atoms with van der Waals surface area (Å²) in [5.41, 5.74) is 1.32. The molecule has 0 aliphatic heterocycles. The van der Waals surface area contributed by atoms with Crippen LogP contribution in [-0.4, -0.2) is 18.1 Å². The van der Waals surface area contributed by atoms with Gasteiger partial charge in [-0.25, -0.2) is 4.39 Å². The van der Waals surface area contributed by atoms with Crippen molar-refractivity contribution >= 4 is 0 Å². The van der Waals surface area contributed by atoms with Crippen LogP contribution in [0.2, 0.25) is 0 Å². The van der Waals surface area contributed by atoms with Crippen molar-refractivity contribution in [3.63, 3.8) is 0 Å². The molecule has 0 fully saturated rings. The summed E-state index contributed by atoms with van der Waals surface area (Å²) in [6.45, 7) is -0.211. The van der Waals surface area contributed by atoms with Gasteiger partial charge in [-0.1, -0.05) is 18.2 Å². The zero-order valence-corrected chi connectivity index (χ0v) is 10.8. The Morgan fingerprint density at radius 1 is 1.00 bits per heavy atom. The van der Waals surface area contributed by atoms with Crippen LogP contribution in [0.5, 0.6) is 5.75 Å². The van der Waals surface area contributed by atoms with Crippen LogP contribution < -0.4 is 4.74 Å². The smallest absolute Gasteiger partial charge is 0.406 e. The first-order valence-corrected chi connectivity index (χ1v) is 6.14. The van der Waals surface area contributed by atoms with Crippen molar-refractivity contribution in [2.45, 2.75) is 12.8 Å². The number of rotatable bonds is 4. The standard InChI is InChI=1S/C15H12F4O2/c16-14-5-4-11(8-12(14)6-7-20)10-2-1-3-13(9-10)21-15(17,18)19/h1-5,8-9,20H,6-7H2. The highest BCUT2D eigenvalue weighted by atomic mass is 19.4. The van der Waals surface area contributed by atoms with Crippen LogP contribution in [0.25, 0.3) is 11.1 Å². The fourth-order valence-electron chi connectivity index (χ4n) is 1.94. The molecule has 0 unspecified atom stereocenters. The van der Waals surface area contributed by atoms with Gasteiger partial charge in [0.05, 0.1) is 0 Å². The van der Waals surface area contributed by atoms with E-state index in [1.807, 2.05) is 0 Å². The third-order valence-corrected chi connectivity index (χ3v) is 2.83. The highest BCUT2D eigenvalue weighted by Crippen LogP contribution is 2.29. The van der Waals surface area contributed by atoms with Crippen LogP contribution in [0.4, 0.5) is 17.6 Å². The first-order valence-electron chi connectivity index (χ1n) is 6.14. The number of aliphatic hydroxyl groups is 1. The molecule has 0 aliphatic carbocycles. The number of hydrogen-bond donors (Lipinski definition) is 1. The lowest BCUT2D eigenvalue weighted by molar-refractivity contribution is -0.274. The summed E-state index contributed by atoms with van der Waals surface area (Å²) < 4.78 is 53.9. The van der Waals surface area contributed by atoms with E-state index in [0.717, 1.165) is 0 Å². The zero-order chi connectivity index (χ0) is 15.5. The van der Waals surface area contributed by atoms with E-state index in [1.165, 1.54) is 36.4 Å². The van der Waals surface area contributed by atoms with Crippen LogP contribution in [-0.2, 0) is 6.42 Å². The van der Waals surface area contributed by atoms with Gasteiger partial charge in [-0.3, -0.25) is 0 Å². The molecule has 0 saturated heterocycles. The number of aliphatic hydroxyl groups excluding tert-OH is 1. The van der Waals surface area contributed by atoms with E-state index in [9.17, 15) is 17.6 Å². The molecular weight excluding hydrogens is 288 g/mol. The molecule has 2 nitrogen and oxygen atoms in total. The molecule has 1 N–H and O–H groups in total. The van der Waals surface area contributed by atoms with Crippen molar-refractivity contribution < 1.29 is 27.4 Å². The maximum Gasteiger partial charge on any atom is 0.573 e. The van der Waals surface area contributed by atoms with Gasteiger partial charge < -0.3 is 9.84 Å². The van der Waals surface area contributed by atoms with E-state index in [-0.39, 0.29) is 18.8 Å². The molecule has 0 radical (unpaired) electrons. The molecule has 2 rings (SSSR count). The second kappa shape index (κ2) is 6.13. The normalized spacial score (nSPS) is 11.5. The van der Waals surface area contributed by atoms with Crippen LogP contribution in [0.15, 0.2) is 42.5 Å². The van der Waals surface area contributed by atoms with Crippen molar-refractivity contribution in [2.24, 2.45) is 0 Å². The van der Waals surface area contributed by atoms with Crippen molar-refractivity contribution in [3.8, 4) is 16.9 Å². The minimum absolute atomic E-state index is 0.137. The van der Waals surface area contributed by atoms with Gasteiger partial charge in [-0.2, -0.15) is 0 Å². The lowest BCUT2D eigenvalue weighted by atomic mass is 10.0. The van der Waals surface area contributed by atoms with Crippen LogP contribution >= 0.6 is 0 Å². The lowest BCUT2D eigenvalue weighted by Crippen LogP contribution is -2.17. The van der Waals surface area contributed by atoms with Crippen LogP contribution in [0.3, 0.4) is 0 Å². The highest BCUT2D eigenvalue weighted by molar-refractivity contribution is 5.65. The molecule has 0 spiro atoms. The Morgan fingerprint density at radius 2 is 1.71 bits per heavy atom. The van der Waals surface area contributed by atoms with Crippen molar-refractivity contribution in [1.82, 2.24) is 0 Å². The topological polar surface area (TPSA) is 29.5 Å². The van der Waals surface area contributed by atoms with E-state index in [2.05, 4.69) is 4.74 Å². The minimum atomic E-state index is -4.76. The summed E-state index contributed by atoms with van der Waals surface area (Å²) in [6.07, 6.45) is -4.62. The second-order valence-electron chi connectivity index (χ2n) is 4.36. The zero-order valence-electron chi connectivity index (χ0n) is 10.8. The predicted octanol–water partition coefficient (Wildman–Crippen LogP) is 3.93. The molecule has 0 aliphatic rings. The molecule has 21 heavy (non-hydrogen) atoms.